The number of pyridine rings is 1. The van der Waals surface area contributed by atoms with Crippen molar-refractivity contribution in [1.29, 1.82) is 0 Å². The number of nitrogens with one attached hydrogen (secondary N) is 2. The Kier molecular flexibility index (Phi) is 7.29. The Labute approximate surface area is 183 Å². The van der Waals surface area contributed by atoms with Gasteiger partial charge in [0.15, 0.2) is 0 Å². The zero-order valence-electron chi connectivity index (χ0n) is 17.8. The van der Waals surface area contributed by atoms with Crippen molar-refractivity contribution in [2.75, 3.05) is 13.2 Å². The maximum atomic E-state index is 12.8. The average molecular weight is 416 g/mol. The summed E-state index contributed by atoms with van der Waals surface area (Å²) in [6, 6.07) is 18.2. The third kappa shape index (κ3) is 6.15. The van der Waals surface area contributed by atoms with Crippen LogP contribution in [0.15, 0.2) is 67.0 Å². The fourth-order valence-electron chi connectivity index (χ4n) is 3.80. The zero-order valence-corrected chi connectivity index (χ0v) is 17.8. The summed E-state index contributed by atoms with van der Waals surface area (Å²) >= 11 is 0. The van der Waals surface area contributed by atoms with E-state index in [2.05, 4.69) is 39.9 Å². The molecule has 5 heteroatoms. The molecule has 0 fully saturated rings. The van der Waals surface area contributed by atoms with Crippen LogP contribution in [0.4, 0.5) is 0 Å². The van der Waals surface area contributed by atoms with Crippen LogP contribution in [0.1, 0.15) is 51.9 Å². The number of hydrogen-bond donors (Lipinski definition) is 2. The van der Waals surface area contributed by atoms with Gasteiger partial charge in [-0.15, -0.1) is 0 Å². The van der Waals surface area contributed by atoms with Crippen LogP contribution < -0.4 is 15.4 Å². The smallest absolute Gasteiger partial charge is 0.251 e. The first-order chi connectivity index (χ1) is 15.3. The number of carbonyl (C=O) groups excluding carboxylic acids is 1. The minimum absolute atomic E-state index is 0.0861. The third-order valence-electron chi connectivity index (χ3n) is 5.50. The second-order valence-corrected chi connectivity index (χ2v) is 7.94. The molecule has 0 radical (unpaired) electrons. The van der Waals surface area contributed by atoms with E-state index in [-0.39, 0.29) is 5.91 Å². The van der Waals surface area contributed by atoms with Crippen LogP contribution in [0, 0.1) is 0 Å². The molecule has 1 amide bonds. The molecule has 0 unspecified atom stereocenters. The van der Waals surface area contributed by atoms with Gasteiger partial charge in [0.25, 0.3) is 5.91 Å². The van der Waals surface area contributed by atoms with Crippen LogP contribution in [-0.4, -0.2) is 24.0 Å². The van der Waals surface area contributed by atoms with E-state index in [4.69, 9.17) is 4.74 Å². The van der Waals surface area contributed by atoms with Gasteiger partial charge in [0.2, 0.25) is 0 Å². The minimum atomic E-state index is -0.0861. The quantitative estimate of drug-likeness (QED) is 0.671. The van der Waals surface area contributed by atoms with Gasteiger partial charge in [-0.1, -0.05) is 24.3 Å². The summed E-state index contributed by atoms with van der Waals surface area (Å²) in [5.41, 5.74) is 5.21. The Morgan fingerprint density at radius 1 is 1.00 bits per heavy atom. The van der Waals surface area contributed by atoms with Gasteiger partial charge in [-0.2, -0.15) is 0 Å². The van der Waals surface area contributed by atoms with Crippen molar-refractivity contribution in [3.63, 3.8) is 0 Å². The highest BCUT2D eigenvalue weighted by Crippen LogP contribution is 2.25. The molecule has 5 nitrogen and oxygen atoms in total. The first kappa shape index (κ1) is 21.1. The SMILES string of the molecule is O=C(NCc1ccncc1)c1ccc2c(c1)Cc1cccc(c1)CNCCCCCO2. The molecule has 2 bridgehead atoms. The molecule has 2 N–H and O–H groups in total. The molecule has 0 atom stereocenters. The van der Waals surface area contributed by atoms with E-state index in [0.29, 0.717) is 18.7 Å². The first-order valence-electron chi connectivity index (χ1n) is 11.0. The molecule has 0 saturated carbocycles. The number of hydrogen-bond acceptors (Lipinski definition) is 4. The fraction of sp³-hybridized carbons (Fsp3) is 0.308. The van der Waals surface area contributed by atoms with E-state index >= 15 is 0 Å². The Morgan fingerprint density at radius 2 is 1.87 bits per heavy atom. The van der Waals surface area contributed by atoms with Crippen LogP contribution >= 0.6 is 0 Å². The number of carbonyl (C=O) groups is 1. The van der Waals surface area contributed by atoms with Gasteiger partial charge in [-0.3, -0.25) is 9.78 Å². The van der Waals surface area contributed by atoms with Gasteiger partial charge in [-0.05, 0) is 78.4 Å². The molecule has 1 aromatic heterocycles. The fourth-order valence-corrected chi connectivity index (χ4v) is 3.80. The Hall–Kier alpha value is -3.18. The molecule has 0 spiro atoms. The Morgan fingerprint density at radius 3 is 2.77 bits per heavy atom. The van der Waals surface area contributed by atoms with E-state index in [1.54, 1.807) is 12.4 Å². The third-order valence-corrected chi connectivity index (χ3v) is 5.50. The van der Waals surface area contributed by atoms with Gasteiger partial charge < -0.3 is 15.4 Å². The highest BCUT2D eigenvalue weighted by molar-refractivity contribution is 5.94. The normalized spacial score (nSPS) is 14.6. The monoisotopic (exact) mass is 415 g/mol. The zero-order chi connectivity index (χ0) is 21.3. The van der Waals surface area contributed by atoms with Crippen LogP contribution in [0.5, 0.6) is 5.75 Å². The molecule has 0 saturated heterocycles. The maximum absolute atomic E-state index is 12.8. The lowest BCUT2D eigenvalue weighted by Crippen LogP contribution is -2.23. The number of benzene rings is 2. The first-order valence-corrected chi connectivity index (χ1v) is 11.0. The van der Waals surface area contributed by atoms with Crippen molar-refractivity contribution in [2.45, 2.75) is 38.8 Å². The number of nitrogens with zero attached hydrogens (tertiary/aromatic N) is 1. The summed E-state index contributed by atoms with van der Waals surface area (Å²) in [6.45, 7) is 3.08. The van der Waals surface area contributed by atoms with E-state index in [9.17, 15) is 4.79 Å². The molecule has 1 aliphatic rings. The minimum Gasteiger partial charge on any atom is -0.493 e. The highest BCUT2D eigenvalue weighted by Gasteiger charge is 2.12. The summed E-state index contributed by atoms with van der Waals surface area (Å²) in [5.74, 6) is 0.781. The summed E-state index contributed by atoms with van der Waals surface area (Å²) in [5, 5.41) is 6.52. The van der Waals surface area contributed by atoms with E-state index in [1.165, 1.54) is 11.1 Å². The van der Waals surface area contributed by atoms with Crippen molar-refractivity contribution in [3.05, 3.63) is 94.8 Å². The Bertz CT molecular complexity index is 1000. The standard InChI is InChI=1S/C26H29N3O2/c30-26(29-19-20-9-12-27-13-10-20)23-7-8-25-24(17-23)16-21-5-4-6-22(15-21)18-28-11-2-1-3-14-31-25/h4-10,12-13,15,17,28H,1-3,11,14,16,18-19H2,(H,29,30). The van der Waals surface area contributed by atoms with Crippen molar-refractivity contribution < 1.29 is 9.53 Å². The molecule has 1 aliphatic heterocycles. The van der Waals surface area contributed by atoms with Gasteiger partial charge >= 0.3 is 0 Å². The van der Waals surface area contributed by atoms with E-state index < -0.39 is 0 Å². The van der Waals surface area contributed by atoms with Crippen LogP contribution in [0.3, 0.4) is 0 Å². The van der Waals surface area contributed by atoms with E-state index in [1.807, 2.05) is 30.3 Å². The largest absolute Gasteiger partial charge is 0.493 e. The molecule has 160 valence electrons. The average Bonchev–Trinajstić information content (AvgIpc) is 2.80. The topological polar surface area (TPSA) is 63.2 Å². The van der Waals surface area contributed by atoms with Gasteiger partial charge in [0.05, 0.1) is 6.61 Å². The summed E-state index contributed by atoms with van der Waals surface area (Å²) in [4.78, 5) is 16.8. The van der Waals surface area contributed by atoms with E-state index in [0.717, 1.165) is 55.6 Å². The summed E-state index contributed by atoms with van der Waals surface area (Å²) in [7, 11) is 0. The van der Waals surface area contributed by atoms with Gasteiger partial charge in [0, 0.05) is 37.5 Å². The number of amides is 1. The lowest BCUT2D eigenvalue weighted by molar-refractivity contribution is 0.0950. The number of fused-ring (bicyclic) bond motifs is 3. The second-order valence-electron chi connectivity index (χ2n) is 7.94. The second kappa shape index (κ2) is 10.7. The number of ether oxygens (including phenoxy) is 1. The molecule has 0 aliphatic carbocycles. The van der Waals surface area contributed by atoms with Crippen molar-refractivity contribution >= 4 is 5.91 Å². The predicted molar refractivity (Wildman–Crippen MR) is 122 cm³/mol. The number of aromatic nitrogens is 1. The van der Waals surface area contributed by atoms with Crippen LogP contribution in [0.2, 0.25) is 0 Å². The summed E-state index contributed by atoms with van der Waals surface area (Å²) in [6.07, 6.45) is 7.50. The molecule has 2 heterocycles. The van der Waals surface area contributed by atoms with Gasteiger partial charge in [-0.25, -0.2) is 0 Å². The molecule has 3 aromatic rings. The number of rotatable bonds is 3. The summed E-state index contributed by atoms with van der Waals surface area (Å²) < 4.78 is 6.11. The Balaban J connectivity index is 1.54. The molecule has 31 heavy (non-hydrogen) atoms. The molecular weight excluding hydrogens is 386 g/mol. The van der Waals surface area contributed by atoms with Gasteiger partial charge in [0.1, 0.15) is 5.75 Å². The van der Waals surface area contributed by atoms with Crippen molar-refractivity contribution in [1.82, 2.24) is 15.6 Å². The molecular formula is C26H29N3O2. The molecule has 4 rings (SSSR count). The van der Waals surface area contributed by atoms with Crippen LogP contribution in [0.25, 0.3) is 0 Å². The van der Waals surface area contributed by atoms with Crippen LogP contribution in [-0.2, 0) is 19.5 Å². The molecule has 2 aromatic carbocycles. The lowest BCUT2D eigenvalue weighted by Gasteiger charge is -2.15. The van der Waals surface area contributed by atoms with Crippen molar-refractivity contribution in [3.8, 4) is 5.75 Å². The highest BCUT2D eigenvalue weighted by atomic mass is 16.5. The van der Waals surface area contributed by atoms with Crippen molar-refractivity contribution in [2.24, 2.45) is 0 Å². The lowest BCUT2D eigenvalue weighted by atomic mass is 9.99. The predicted octanol–water partition coefficient (Wildman–Crippen LogP) is 4.25. The maximum Gasteiger partial charge on any atom is 0.251 e.